The Kier molecular flexibility index (Phi) is 12.3. The third-order valence-electron chi connectivity index (χ3n) is 9.72. The van der Waals surface area contributed by atoms with Crippen LogP contribution in [0.1, 0.15) is 78.2 Å². The molecule has 3 aliphatic heterocycles. The van der Waals surface area contributed by atoms with Crippen LogP contribution in [0.15, 0.2) is 47.9 Å². The SMILES string of the molecule is [B][I-]OC1C(C)C(OC)C=COC2(C)Oc3c(C)c([O-])c4c(c3C2=O)C(=O)C=C(C4=O)N(O)C/C(C)=C\C=C\C(C)C(O)C(C)C(O)C1C. The Morgan fingerprint density at radius 1 is 1.02 bits per heavy atom. The maximum absolute atomic E-state index is 13.9. The van der Waals surface area contributed by atoms with E-state index in [1.807, 2.05) is 13.8 Å². The number of Topliss-reactive ketones (excluding diaryl/α,β-unsaturated/α-hetero) is 2. The van der Waals surface area contributed by atoms with Gasteiger partial charge in [-0.05, 0) is 0 Å². The van der Waals surface area contributed by atoms with Crippen LogP contribution >= 0.6 is 0 Å². The van der Waals surface area contributed by atoms with Gasteiger partial charge in [0.2, 0.25) is 5.78 Å². The van der Waals surface area contributed by atoms with Gasteiger partial charge in [-0.1, -0.05) is 0 Å². The van der Waals surface area contributed by atoms with Crippen molar-refractivity contribution >= 4 is 23.1 Å². The van der Waals surface area contributed by atoms with Gasteiger partial charge < -0.3 is 5.11 Å². The van der Waals surface area contributed by atoms with Gasteiger partial charge in [0.25, 0.3) is 0 Å². The first-order valence-electron chi connectivity index (χ1n) is 16.0. The Bertz CT molecular complexity index is 1610. The van der Waals surface area contributed by atoms with E-state index < -0.39 is 109 Å². The molecular weight excluding hydrogens is 748 g/mol. The van der Waals surface area contributed by atoms with Crippen LogP contribution in [0.2, 0.25) is 0 Å². The molecule has 0 spiro atoms. The van der Waals surface area contributed by atoms with Gasteiger partial charge in [0.15, 0.2) is 0 Å². The number of carbonyl (C=O) groups excluding carboxylic acids is 3. The van der Waals surface area contributed by atoms with E-state index in [0.717, 1.165) is 6.08 Å². The van der Waals surface area contributed by atoms with Gasteiger partial charge >= 0.3 is 257 Å². The monoisotopic (exact) mass is 791 g/mol. The van der Waals surface area contributed by atoms with Crippen molar-refractivity contribution < 1.29 is 73.6 Å². The van der Waals surface area contributed by atoms with Crippen LogP contribution in [0.5, 0.6) is 11.5 Å². The van der Waals surface area contributed by atoms with E-state index >= 15 is 0 Å². The Morgan fingerprint density at radius 3 is 2.33 bits per heavy atom. The zero-order valence-electron chi connectivity index (χ0n) is 28.8. The number of halogens is 1. The number of aliphatic hydroxyl groups excluding tert-OH is 2. The van der Waals surface area contributed by atoms with E-state index in [1.54, 1.807) is 45.1 Å². The van der Waals surface area contributed by atoms with Crippen molar-refractivity contribution in [3.8, 4) is 11.5 Å². The number of aliphatic hydroxyl groups is 2. The van der Waals surface area contributed by atoms with Gasteiger partial charge in [0, 0.05) is 6.08 Å². The van der Waals surface area contributed by atoms with Crippen LogP contribution in [0, 0.1) is 30.6 Å². The number of methoxy groups -OCH3 is 1. The summed E-state index contributed by atoms with van der Waals surface area (Å²) in [5.74, 6) is -7.31. The molecule has 0 fully saturated rings. The van der Waals surface area contributed by atoms with Gasteiger partial charge in [0.1, 0.15) is 5.70 Å². The zero-order chi connectivity index (χ0) is 36.5. The second-order valence-corrected chi connectivity index (χ2v) is 14.2. The van der Waals surface area contributed by atoms with Crippen molar-refractivity contribution in [2.45, 2.75) is 78.7 Å². The summed E-state index contributed by atoms with van der Waals surface area (Å²) in [4.78, 5) is 41.0. The number of benzene rings is 1. The molecule has 0 saturated heterocycles. The topological polar surface area (TPSA) is 175 Å². The Hall–Kier alpha value is -3.02. The third-order valence-corrected chi connectivity index (χ3v) is 10.6. The van der Waals surface area contributed by atoms with Gasteiger partial charge in [0.05, 0.1) is 0 Å². The molecule has 5 rings (SSSR count). The molecule has 1 aromatic carbocycles. The van der Waals surface area contributed by atoms with Crippen LogP contribution in [0.25, 0.3) is 0 Å². The molecule has 266 valence electrons. The third kappa shape index (κ3) is 7.40. The van der Waals surface area contributed by atoms with Crippen LogP contribution in [0.4, 0.5) is 0 Å². The molecule has 4 aliphatic rings. The Balaban J connectivity index is 1.82. The first-order valence-corrected chi connectivity index (χ1v) is 18.1. The summed E-state index contributed by atoms with van der Waals surface area (Å²) in [6.45, 7) is 11.4. The van der Waals surface area contributed by atoms with Gasteiger partial charge in [-0.25, -0.2) is 5.06 Å². The van der Waals surface area contributed by atoms with Crippen molar-refractivity contribution in [2.24, 2.45) is 23.7 Å². The van der Waals surface area contributed by atoms with Crippen LogP contribution < -0.4 is 31.2 Å². The molecule has 1 aliphatic carbocycles. The summed E-state index contributed by atoms with van der Waals surface area (Å²) >= 11 is -1.17. The maximum atomic E-state index is 13.9. The molecule has 0 aromatic heterocycles. The molecule has 9 unspecified atom stereocenters. The number of ether oxygens (including phenoxy) is 3. The summed E-state index contributed by atoms with van der Waals surface area (Å²) < 4.78 is 23.5. The summed E-state index contributed by atoms with van der Waals surface area (Å²) in [6.07, 6.45) is 5.59. The normalized spacial score (nSPS) is 34.7. The van der Waals surface area contributed by atoms with E-state index in [9.17, 15) is 34.9 Å². The molecule has 1 aromatic rings. The molecule has 3 heterocycles. The fraction of sp³-hybridized carbons (Fsp3) is 0.514. The number of carbonyl (C=O) groups is 3. The second-order valence-electron chi connectivity index (χ2n) is 13.2. The quantitative estimate of drug-likeness (QED) is 0.279. The number of nitrogens with zero attached hydrogens (tertiary/aromatic N) is 1. The average Bonchev–Trinajstić information content (AvgIpc) is 3.32. The van der Waals surface area contributed by atoms with Crippen LogP contribution in [-0.2, 0) is 12.5 Å². The number of allylic oxidation sites excluding steroid dienone is 4. The number of ketones is 3. The summed E-state index contributed by atoms with van der Waals surface area (Å²) in [6, 6.07) is 0. The second kappa shape index (κ2) is 15.5. The summed E-state index contributed by atoms with van der Waals surface area (Å²) in [5.41, 5.74) is 4.81. The van der Waals surface area contributed by atoms with Gasteiger partial charge in [-0.3, -0.25) is 14.8 Å². The van der Waals surface area contributed by atoms with Crippen LogP contribution in [0.3, 0.4) is 0 Å². The van der Waals surface area contributed by atoms with E-state index in [4.69, 9.17) is 23.0 Å². The first kappa shape index (κ1) is 38.8. The fourth-order valence-corrected chi connectivity index (χ4v) is 7.87. The van der Waals surface area contributed by atoms with E-state index in [1.165, 1.54) is 27.2 Å². The standard InChI is InChI=1S/C35H44BINO11/c1-16-10-9-11-17(2)28(40)19(4)29(41)20(5)32(49-37-36)18(3)24(46-8)12-13-47-35(7)34(44)27-25-23(39)14-22(38(45)15-16)31(43)26(25)30(42)21(6)33(27)48-35/h9-14,17-20,24,28-29,32,40-42,45H,15H2,1-8H3/q-1/p-1/b11-9+,13-12?,16-10-. The van der Waals surface area contributed by atoms with Crippen LogP contribution in [-0.4, -0.2) is 87.4 Å². The molecular formula is C35H43BINO11-2. The number of hydrogen-bond donors (Lipinski definition) is 3. The molecule has 5 bridgehead atoms. The summed E-state index contributed by atoms with van der Waals surface area (Å²) in [7, 11) is 1.48. The zero-order valence-corrected chi connectivity index (χ0v) is 31.0. The molecule has 12 nitrogen and oxygen atoms in total. The molecule has 49 heavy (non-hydrogen) atoms. The van der Waals surface area contributed by atoms with Crippen molar-refractivity contribution in [2.75, 3.05) is 13.7 Å². The average molecular weight is 791 g/mol. The predicted octanol–water partition coefficient (Wildman–Crippen LogP) is 0.114. The number of hydroxylamine groups is 2. The number of fused-ring (bicyclic) bond motifs is 14. The van der Waals surface area contributed by atoms with Crippen molar-refractivity contribution in [3.63, 3.8) is 0 Å². The van der Waals surface area contributed by atoms with E-state index in [0.29, 0.717) is 10.6 Å². The minimum absolute atomic E-state index is 0.0661. The van der Waals surface area contributed by atoms with Crippen molar-refractivity contribution in [1.82, 2.24) is 5.06 Å². The molecule has 14 heteroatoms. The fourth-order valence-electron chi connectivity index (χ4n) is 6.60. The van der Waals surface area contributed by atoms with E-state index in [2.05, 4.69) is 0 Å². The Labute approximate surface area is 298 Å². The molecule has 0 saturated carbocycles. The minimum atomic E-state index is -2.00. The molecule has 9 atom stereocenters. The summed E-state index contributed by atoms with van der Waals surface area (Å²) in [5, 5.41) is 47.5. The van der Waals surface area contributed by atoms with Crippen molar-refractivity contribution in [3.05, 3.63) is 70.2 Å². The predicted molar refractivity (Wildman–Crippen MR) is 172 cm³/mol. The molecule has 3 N–H and O–H groups in total. The number of hydrogen-bond acceptors (Lipinski definition) is 12. The van der Waals surface area contributed by atoms with Gasteiger partial charge in [-0.2, -0.15) is 0 Å². The Morgan fingerprint density at radius 2 is 1.69 bits per heavy atom. The van der Waals surface area contributed by atoms with Gasteiger partial charge in [-0.15, -0.1) is 0 Å². The molecule has 2 radical (unpaired) electrons. The number of rotatable bonds is 3. The van der Waals surface area contributed by atoms with E-state index in [-0.39, 0.29) is 29.3 Å². The first-order chi connectivity index (χ1) is 23.0. The van der Waals surface area contributed by atoms with Crippen molar-refractivity contribution in [1.29, 1.82) is 0 Å². The molecule has 0 amide bonds.